The number of anilines is 1. The molecule has 0 fully saturated rings. The molecule has 0 spiro atoms. The van der Waals surface area contributed by atoms with E-state index in [9.17, 15) is 9.59 Å². The highest BCUT2D eigenvalue weighted by atomic mass is 16.4. The Morgan fingerprint density at radius 1 is 1.07 bits per heavy atom. The number of carbonyl (C=O) groups is 2. The van der Waals surface area contributed by atoms with E-state index in [0.29, 0.717) is 25.9 Å². The summed E-state index contributed by atoms with van der Waals surface area (Å²) in [5.74, 6) is -0.450. The molecule has 1 amide bonds. The van der Waals surface area contributed by atoms with Gasteiger partial charge in [-0.1, -0.05) is 48.5 Å². The van der Waals surface area contributed by atoms with Crippen molar-refractivity contribution in [2.24, 2.45) is 0 Å². The molecule has 0 aliphatic carbocycles. The van der Waals surface area contributed by atoms with Gasteiger partial charge in [0.05, 0.1) is 0 Å². The number of hydrogen-bond donors (Lipinski definition) is 2. The summed E-state index contributed by atoms with van der Waals surface area (Å²) in [4.78, 5) is 25.6. The largest absolute Gasteiger partial charge is 0.481 e. The summed E-state index contributed by atoms with van der Waals surface area (Å²) in [6, 6.07) is 18.2. The van der Waals surface area contributed by atoms with Crippen molar-refractivity contribution in [3.8, 4) is 0 Å². The lowest BCUT2D eigenvalue weighted by molar-refractivity contribution is -0.137. The molecule has 29 heavy (non-hydrogen) atoms. The summed E-state index contributed by atoms with van der Waals surface area (Å²) in [5, 5.41) is 12.4. The number of hydrogen-bond acceptors (Lipinski definition) is 3. The van der Waals surface area contributed by atoms with E-state index in [4.69, 9.17) is 5.11 Å². The zero-order valence-electron chi connectivity index (χ0n) is 17.2. The molecular formula is C24H30N2O3. The van der Waals surface area contributed by atoms with Gasteiger partial charge in [-0.15, -0.1) is 0 Å². The fourth-order valence-electron chi connectivity index (χ4n) is 4.05. The van der Waals surface area contributed by atoms with Crippen LogP contribution in [-0.2, 0) is 15.1 Å². The van der Waals surface area contributed by atoms with Gasteiger partial charge in [-0.25, -0.2) is 0 Å². The van der Waals surface area contributed by atoms with E-state index in [1.165, 1.54) is 5.56 Å². The van der Waals surface area contributed by atoms with Gasteiger partial charge in [0, 0.05) is 43.1 Å². The molecule has 0 saturated heterocycles. The molecule has 0 radical (unpaired) electrons. The second-order valence-electron chi connectivity index (χ2n) is 8.21. The van der Waals surface area contributed by atoms with Crippen LogP contribution in [0.15, 0.2) is 54.6 Å². The molecule has 1 atom stereocenters. The van der Waals surface area contributed by atoms with Crippen molar-refractivity contribution in [2.75, 3.05) is 18.0 Å². The quantitative estimate of drug-likeness (QED) is 0.666. The van der Waals surface area contributed by atoms with Crippen LogP contribution in [-0.4, -0.2) is 30.1 Å². The summed E-state index contributed by atoms with van der Waals surface area (Å²) in [5.41, 5.74) is 3.12. The number of benzene rings is 2. The van der Waals surface area contributed by atoms with Crippen molar-refractivity contribution in [2.45, 2.75) is 51.0 Å². The van der Waals surface area contributed by atoms with Crippen molar-refractivity contribution in [3.05, 3.63) is 65.7 Å². The number of fused-ring (bicyclic) bond motifs is 1. The van der Waals surface area contributed by atoms with E-state index in [1.54, 1.807) is 0 Å². The standard InChI is InChI=1S/C24H30N2O3/c1-24(2,19-10-4-3-5-11-19)25-16-15-22(27)26-17-18(9-8-14-23(28)29)20-12-6-7-13-21(20)26/h3-7,10-13,18,25H,8-9,14-17H2,1-2H3,(H,28,29). The predicted octanol–water partition coefficient (Wildman–Crippen LogP) is 4.29. The SMILES string of the molecule is CC(C)(NCCC(=O)N1CC(CCCC(=O)O)c2ccccc21)c1ccccc1. The molecule has 1 heterocycles. The molecule has 1 aliphatic heterocycles. The minimum atomic E-state index is -0.767. The van der Waals surface area contributed by atoms with Gasteiger partial charge in [0.15, 0.2) is 0 Å². The van der Waals surface area contributed by atoms with E-state index >= 15 is 0 Å². The lowest BCUT2D eigenvalue weighted by Gasteiger charge is -2.27. The van der Waals surface area contributed by atoms with Crippen molar-refractivity contribution < 1.29 is 14.7 Å². The summed E-state index contributed by atoms with van der Waals surface area (Å²) < 4.78 is 0. The maximum absolute atomic E-state index is 12.9. The van der Waals surface area contributed by atoms with E-state index in [-0.39, 0.29) is 23.8 Å². The minimum absolute atomic E-state index is 0.106. The first-order chi connectivity index (χ1) is 13.9. The van der Waals surface area contributed by atoms with Gasteiger partial charge in [-0.05, 0) is 43.9 Å². The number of amides is 1. The lowest BCUT2D eigenvalue weighted by atomic mass is 9.94. The number of carbonyl (C=O) groups excluding carboxylic acids is 1. The molecule has 3 rings (SSSR count). The summed E-state index contributed by atoms with van der Waals surface area (Å²) in [6.45, 7) is 5.48. The topological polar surface area (TPSA) is 69.6 Å². The average Bonchev–Trinajstić information content (AvgIpc) is 3.07. The van der Waals surface area contributed by atoms with Crippen LogP contribution in [0.1, 0.15) is 56.6 Å². The Balaban J connectivity index is 1.58. The van der Waals surface area contributed by atoms with Crippen molar-refractivity contribution in [1.29, 1.82) is 0 Å². The minimum Gasteiger partial charge on any atom is -0.481 e. The number of nitrogens with zero attached hydrogens (tertiary/aromatic N) is 1. The van der Waals surface area contributed by atoms with Crippen LogP contribution in [0.5, 0.6) is 0 Å². The van der Waals surface area contributed by atoms with Gasteiger partial charge in [0.2, 0.25) is 5.91 Å². The third-order valence-corrected chi connectivity index (χ3v) is 5.72. The fraction of sp³-hybridized carbons (Fsp3) is 0.417. The monoisotopic (exact) mass is 394 g/mol. The Hall–Kier alpha value is -2.66. The number of nitrogens with one attached hydrogen (secondary N) is 1. The highest BCUT2D eigenvalue weighted by Gasteiger charge is 2.31. The predicted molar refractivity (Wildman–Crippen MR) is 115 cm³/mol. The normalized spacial score (nSPS) is 15.9. The highest BCUT2D eigenvalue weighted by molar-refractivity contribution is 5.96. The highest BCUT2D eigenvalue weighted by Crippen LogP contribution is 2.39. The summed E-state index contributed by atoms with van der Waals surface area (Å²) in [6.07, 6.45) is 2.01. The maximum atomic E-state index is 12.9. The van der Waals surface area contributed by atoms with Gasteiger partial charge < -0.3 is 15.3 Å². The van der Waals surface area contributed by atoms with Crippen molar-refractivity contribution in [1.82, 2.24) is 5.32 Å². The van der Waals surface area contributed by atoms with E-state index in [0.717, 1.165) is 17.7 Å². The van der Waals surface area contributed by atoms with Crippen LogP contribution in [0.4, 0.5) is 5.69 Å². The van der Waals surface area contributed by atoms with Crippen molar-refractivity contribution >= 4 is 17.6 Å². The molecule has 0 aromatic heterocycles. The fourth-order valence-corrected chi connectivity index (χ4v) is 4.05. The first-order valence-corrected chi connectivity index (χ1v) is 10.3. The molecule has 5 nitrogen and oxygen atoms in total. The Morgan fingerprint density at radius 2 is 1.76 bits per heavy atom. The molecule has 1 aliphatic rings. The number of para-hydroxylation sites is 1. The molecule has 0 saturated carbocycles. The average molecular weight is 395 g/mol. The van der Waals surface area contributed by atoms with Gasteiger partial charge in [0.1, 0.15) is 0 Å². The van der Waals surface area contributed by atoms with Crippen LogP contribution in [0.3, 0.4) is 0 Å². The molecule has 2 aromatic rings. The zero-order valence-corrected chi connectivity index (χ0v) is 17.2. The van der Waals surface area contributed by atoms with Crippen LogP contribution >= 0.6 is 0 Å². The Kier molecular flexibility index (Phi) is 6.70. The number of carboxylic acids is 1. The van der Waals surface area contributed by atoms with Crippen LogP contribution < -0.4 is 10.2 Å². The number of aliphatic carboxylic acids is 1. The first kappa shape index (κ1) is 21.1. The molecule has 154 valence electrons. The van der Waals surface area contributed by atoms with Crippen LogP contribution in [0.25, 0.3) is 0 Å². The smallest absolute Gasteiger partial charge is 0.303 e. The third-order valence-electron chi connectivity index (χ3n) is 5.72. The molecule has 0 bridgehead atoms. The first-order valence-electron chi connectivity index (χ1n) is 10.3. The van der Waals surface area contributed by atoms with Crippen LogP contribution in [0.2, 0.25) is 0 Å². The summed E-state index contributed by atoms with van der Waals surface area (Å²) >= 11 is 0. The van der Waals surface area contributed by atoms with Gasteiger partial charge >= 0.3 is 5.97 Å². The lowest BCUT2D eigenvalue weighted by Crippen LogP contribution is -2.39. The van der Waals surface area contributed by atoms with E-state index in [2.05, 4.69) is 37.4 Å². The van der Waals surface area contributed by atoms with Gasteiger partial charge in [-0.3, -0.25) is 9.59 Å². The summed E-state index contributed by atoms with van der Waals surface area (Å²) in [7, 11) is 0. The second kappa shape index (κ2) is 9.23. The molecule has 5 heteroatoms. The third kappa shape index (κ3) is 5.24. The Labute approximate surface area is 172 Å². The molecule has 2 N–H and O–H groups in total. The Bertz CT molecular complexity index is 848. The van der Waals surface area contributed by atoms with Gasteiger partial charge in [0.25, 0.3) is 0 Å². The van der Waals surface area contributed by atoms with Gasteiger partial charge in [-0.2, -0.15) is 0 Å². The molecule has 1 unspecified atom stereocenters. The second-order valence-corrected chi connectivity index (χ2v) is 8.21. The zero-order chi connectivity index (χ0) is 20.9. The number of carboxylic acid groups (broad SMARTS) is 1. The van der Waals surface area contributed by atoms with E-state index in [1.807, 2.05) is 41.3 Å². The number of rotatable bonds is 9. The Morgan fingerprint density at radius 3 is 2.48 bits per heavy atom. The van der Waals surface area contributed by atoms with E-state index < -0.39 is 5.97 Å². The molecule has 2 aromatic carbocycles. The molecular weight excluding hydrogens is 364 g/mol. The van der Waals surface area contributed by atoms with Crippen LogP contribution in [0, 0.1) is 0 Å². The van der Waals surface area contributed by atoms with Crippen molar-refractivity contribution in [3.63, 3.8) is 0 Å². The maximum Gasteiger partial charge on any atom is 0.303 e.